The van der Waals surface area contributed by atoms with E-state index in [1.165, 1.54) is 0 Å². The Bertz CT molecular complexity index is 483. The SMILES string of the molecule is CCOC(=O)c1c(C=O)cc(F)c2c1OCO2. The minimum absolute atomic E-state index is 0.0782. The van der Waals surface area contributed by atoms with Gasteiger partial charge in [0.2, 0.25) is 12.5 Å². The molecule has 0 atom stereocenters. The van der Waals surface area contributed by atoms with Gasteiger partial charge in [0.15, 0.2) is 17.9 Å². The largest absolute Gasteiger partial charge is 0.462 e. The average molecular weight is 240 g/mol. The van der Waals surface area contributed by atoms with Gasteiger partial charge in [0, 0.05) is 5.56 Å². The Balaban J connectivity index is 2.59. The fraction of sp³-hybridized carbons (Fsp3) is 0.273. The summed E-state index contributed by atoms with van der Waals surface area (Å²) < 4.78 is 28.1. The maximum absolute atomic E-state index is 13.5. The van der Waals surface area contributed by atoms with Gasteiger partial charge in [-0.1, -0.05) is 0 Å². The number of fused-ring (bicyclic) bond motifs is 1. The highest BCUT2D eigenvalue weighted by atomic mass is 19.1. The van der Waals surface area contributed by atoms with Gasteiger partial charge in [-0.2, -0.15) is 0 Å². The molecule has 0 spiro atoms. The molecule has 0 N–H and O–H groups in total. The first-order valence-electron chi connectivity index (χ1n) is 4.93. The maximum atomic E-state index is 13.5. The van der Waals surface area contributed by atoms with Crippen LogP contribution in [0.15, 0.2) is 6.07 Å². The summed E-state index contributed by atoms with van der Waals surface area (Å²) >= 11 is 0. The van der Waals surface area contributed by atoms with Crippen molar-refractivity contribution in [2.24, 2.45) is 0 Å². The van der Waals surface area contributed by atoms with Crippen LogP contribution in [0, 0.1) is 5.82 Å². The predicted molar refractivity (Wildman–Crippen MR) is 53.9 cm³/mol. The molecule has 0 unspecified atom stereocenters. The van der Waals surface area contributed by atoms with Gasteiger partial charge in [0.05, 0.1) is 6.61 Å². The lowest BCUT2D eigenvalue weighted by molar-refractivity contribution is 0.0519. The van der Waals surface area contributed by atoms with Crippen LogP contribution in [-0.4, -0.2) is 25.7 Å². The molecule has 5 nitrogen and oxygen atoms in total. The van der Waals surface area contributed by atoms with Crippen molar-refractivity contribution in [3.8, 4) is 11.5 Å². The van der Waals surface area contributed by atoms with E-state index < -0.39 is 11.8 Å². The van der Waals surface area contributed by atoms with Crippen LogP contribution in [-0.2, 0) is 4.74 Å². The number of benzene rings is 1. The monoisotopic (exact) mass is 240 g/mol. The van der Waals surface area contributed by atoms with E-state index in [-0.39, 0.29) is 36.0 Å². The van der Waals surface area contributed by atoms with Crippen LogP contribution < -0.4 is 9.47 Å². The molecular weight excluding hydrogens is 231 g/mol. The van der Waals surface area contributed by atoms with Gasteiger partial charge in [-0.3, -0.25) is 4.79 Å². The van der Waals surface area contributed by atoms with E-state index in [0.29, 0.717) is 6.29 Å². The summed E-state index contributed by atoms with van der Waals surface area (Å²) in [7, 11) is 0. The van der Waals surface area contributed by atoms with Crippen molar-refractivity contribution in [3.63, 3.8) is 0 Å². The highest BCUT2D eigenvalue weighted by Gasteiger charge is 2.29. The second-order valence-corrected chi connectivity index (χ2v) is 3.23. The third-order valence-corrected chi connectivity index (χ3v) is 2.23. The molecule has 0 aliphatic carbocycles. The molecule has 90 valence electrons. The van der Waals surface area contributed by atoms with Crippen LogP contribution in [0.1, 0.15) is 27.6 Å². The van der Waals surface area contributed by atoms with E-state index in [4.69, 9.17) is 14.2 Å². The number of rotatable bonds is 3. The third kappa shape index (κ3) is 1.82. The fourth-order valence-electron chi connectivity index (χ4n) is 1.55. The number of halogens is 1. The minimum atomic E-state index is -0.743. The normalized spacial score (nSPS) is 12.4. The summed E-state index contributed by atoms with van der Waals surface area (Å²) in [4.78, 5) is 22.5. The summed E-state index contributed by atoms with van der Waals surface area (Å²) in [6, 6.07) is 0.923. The Kier molecular flexibility index (Phi) is 2.95. The van der Waals surface area contributed by atoms with E-state index in [0.717, 1.165) is 6.07 Å². The molecule has 1 aromatic carbocycles. The lowest BCUT2D eigenvalue weighted by atomic mass is 10.1. The summed E-state index contributed by atoms with van der Waals surface area (Å²) in [6.45, 7) is 1.57. The topological polar surface area (TPSA) is 61.8 Å². The Morgan fingerprint density at radius 3 is 2.88 bits per heavy atom. The zero-order valence-electron chi connectivity index (χ0n) is 8.99. The molecule has 0 fully saturated rings. The van der Waals surface area contributed by atoms with Gasteiger partial charge in [0.1, 0.15) is 5.56 Å². The Hall–Kier alpha value is -2.11. The Morgan fingerprint density at radius 2 is 2.24 bits per heavy atom. The van der Waals surface area contributed by atoms with Gasteiger partial charge in [-0.05, 0) is 13.0 Å². The summed E-state index contributed by atoms with van der Waals surface area (Å²) in [5.41, 5.74) is -0.221. The van der Waals surface area contributed by atoms with E-state index in [9.17, 15) is 14.0 Å². The van der Waals surface area contributed by atoms with Gasteiger partial charge < -0.3 is 14.2 Å². The van der Waals surface area contributed by atoms with Crippen molar-refractivity contribution in [2.45, 2.75) is 6.92 Å². The first-order chi connectivity index (χ1) is 8.19. The number of carbonyl (C=O) groups is 2. The van der Waals surface area contributed by atoms with E-state index in [1.807, 2.05) is 0 Å². The lowest BCUT2D eigenvalue weighted by Gasteiger charge is -2.08. The summed E-state index contributed by atoms with van der Waals surface area (Å²) in [5.74, 6) is -1.73. The summed E-state index contributed by atoms with van der Waals surface area (Å²) in [6.07, 6.45) is 0.372. The van der Waals surface area contributed by atoms with Crippen LogP contribution in [0.5, 0.6) is 11.5 Å². The number of aldehydes is 1. The summed E-state index contributed by atoms with van der Waals surface area (Å²) in [5, 5.41) is 0. The quantitative estimate of drug-likeness (QED) is 0.592. The molecule has 1 heterocycles. The zero-order chi connectivity index (χ0) is 12.4. The van der Waals surface area contributed by atoms with Gasteiger partial charge >= 0.3 is 5.97 Å². The fourth-order valence-corrected chi connectivity index (χ4v) is 1.55. The van der Waals surface area contributed by atoms with Crippen molar-refractivity contribution in [3.05, 3.63) is 23.0 Å². The molecule has 0 bridgehead atoms. The Morgan fingerprint density at radius 1 is 1.53 bits per heavy atom. The maximum Gasteiger partial charge on any atom is 0.342 e. The standard InChI is InChI=1S/C11H9FO5/c1-2-15-11(14)8-6(4-13)3-7(12)9-10(8)17-5-16-9/h3-4H,2,5H2,1H3. The van der Waals surface area contributed by atoms with E-state index in [1.54, 1.807) is 6.92 Å². The van der Waals surface area contributed by atoms with E-state index in [2.05, 4.69) is 0 Å². The molecule has 0 saturated carbocycles. The molecule has 0 aromatic heterocycles. The van der Waals surface area contributed by atoms with Gasteiger partial charge in [0.25, 0.3) is 0 Å². The van der Waals surface area contributed by atoms with Crippen molar-refractivity contribution < 1.29 is 28.2 Å². The number of hydrogen-bond acceptors (Lipinski definition) is 5. The number of carbonyl (C=O) groups excluding carboxylic acids is 2. The molecule has 1 aliphatic heterocycles. The van der Waals surface area contributed by atoms with Gasteiger partial charge in [-0.25, -0.2) is 9.18 Å². The smallest absolute Gasteiger partial charge is 0.342 e. The lowest BCUT2D eigenvalue weighted by Crippen LogP contribution is -2.10. The van der Waals surface area contributed by atoms with Crippen LogP contribution >= 0.6 is 0 Å². The van der Waals surface area contributed by atoms with Crippen LogP contribution in [0.25, 0.3) is 0 Å². The second-order valence-electron chi connectivity index (χ2n) is 3.23. The van der Waals surface area contributed by atoms with Crippen LogP contribution in [0.2, 0.25) is 0 Å². The molecule has 0 saturated heterocycles. The van der Waals surface area contributed by atoms with Gasteiger partial charge in [-0.15, -0.1) is 0 Å². The number of ether oxygens (including phenoxy) is 3. The second kappa shape index (κ2) is 4.40. The van der Waals surface area contributed by atoms with Crippen LogP contribution in [0.4, 0.5) is 4.39 Å². The molecule has 6 heteroatoms. The first kappa shape index (κ1) is 11.4. The molecular formula is C11H9FO5. The molecule has 0 radical (unpaired) electrons. The first-order valence-corrected chi connectivity index (χ1v) is 4.93. The molecule has 0 amide bonds. The Labute approximate surface area is 96.1 Å². The van der Waals surface area contributed by atoms with Crippen molar-refractivity contribution in [2.75, 3.05) is 13.4 Å². The highest BCUT2D eigenvalue weighted by molar-refractivity contribution is 6.01. The number of hydrogen-bond donors (Lipinski definition) is 0. The zero-order valence-corrected chi connectivity index (χ0v) is 8.99. The van der Waals surface area contributed by atoms with Crippen LogP contribution in [0.3, 0.4) is 0 Å². The number of esters is 1. The third-order valence-electron chi connectivity index (χ3n) is 2.23. The van der Waals surface area contributed by atoms with Crippen molar-refractivity contribution in [1.82, 2.24) is 0 Å². The predicted octanol–water partition coefficient (Wildman–Crippen LogP) is 1.54. The van der Waals surface area contributed by atoms with E-state index >= 15 is 0 Å². The molecule has 17 heavy (non-hydrogen) atoms. The van der Waals surface area contributed by atoms with Crippen molar-refractivity contribution >= 4 is 12.3 Å². The molecule has 2 rings (SSSR count). The van der Waals surface area contributed by atoms with Crippen molar-refractivity contribution in [1.29, 1.82) is 0 Å². The highest BCUT2D eigenvalue weighted by Crippen LogP contribution is 2.40. The molecule has 1 aliphatic rings. The molecule has 1 aromatic rings. The minimum Gasteiger partial charge on any atom is -0.462 e. The average Bonchev–Trinajstić information content (AvgIpc) is 2.78.